The van der Waals surface area contributed by atoms with Crippen LogP contribution in [0.4, 0.5) is 5.82 Å². The number of amides is 1. The lowest BCUT2D eigenvalue weighted by Crippen LogP contribution is -2.40. The van der Waals surface area contributed by atoms with Gasteiger partial charge in [-0.15, -0.1) is 0 Å². The number of piperidine rings is 1. The van der Waals surface area contributed by atoms with Gasteiger partial charge in [-0.1, -0.05) is 24.8 Å². The van der Waals surface area contributed by atoms with Crippen LogP contribution >= 0.6 is 0 Å². The van der Waals surface area contributed by atoms with Crippen LogP contribution in [0.5, 0.6) is 11.5 Å². The van der Waals surface area contributed by atoms with Crippen molar-refractivity contribution < 1.29 is 14.5 Å². The van der Waals surface area contributed by atoms with Crippen LogP contribution in [0.1, 0.15) is 18.9 Å². The molecule has 0 unspecified atom stereocenters. The van der Waals surface area contributed by atoms with Gasteiger partial charge in [-0.2, -0.15) is 10.1 Å². The number of carbonyl (C=O) groups excluding carboxylic acids is 1. The number of carbonyl (C=O) groups is 1. The third-order valence-electron chi connectivity index (χ3n) is 5.98. The Morgan fingerprint density at radius 2 is 1.86 bits per heavy atom. The van der Waals surface area contributed by atoms with E-state index in [0.717, 1.165) is 12.8 Å². The van der Waals surface area contributed by atoms with E-state index >= 15 is 0 Å². The molecule has 0 N–H and O–H groups in total. The highest BCUT2D eigenvalue weighted by atomic mass is 16.6. The zero-order chi connectivity index (χ0) is 24.4. The largest absolute Gasteiger partial charge is 0.457 e. The predicted molar refractivity (Wildman–Crippen MR) is 129 cm³/mol. The number of benzene rings is 2. The van der Waals surface area contributed by atoms with Crippen LogP contribution in [0.3, 0.4) is 0 Å². The van der Waals surface area contributed by atoms with Gasteiger partial charge in [-0.25, -0.2) is 4.68 Å². The van der Waals surface area contributed by atoms with Gasteiger partial charge >= 0.3 is 5.82 Å². The van der Waals surface area contributed by atoms with Gasteiger partial charge in [-0.3, -0.25) is 4.79 Å². The van der Waals surface area contributed by atoms with Gasteiger partial charge in [0.2, 0.25) is 12.2 Å². The monoisotopic (exact) mass is 470 g/mol. The maximum atomic E-state index is 12.2. The summed E-state index contributed by atoms with van der Waals surface area (Å²) >= 11 is 0. The van der Waals surface area contributed by atoms with Gasteiger partial charge in [0.1, 0.15) is 22.6 Å². The topological polar surface area (TPSA) is 116 Å². The summed E-state index contributed by atoms with van der Waals surface area (Å²) in [4.78, 5) is 33.4. The van der Waals surface area contributed by atoms with Gasteiger partial charge in [0.05, 0.1) is 6.04 Å². The molecule has 0 bridgehead atoms. The van der Waals surface area contributed by atoms with Crippen LogP contribution in [0, 0.1) is 10.1 Å². The van der Waals surface area contributed by atoms with Gasteiger partial charge in [0.25, 0.3) is 0 Å². The molecule has 0 saturated carbocycles. The first kappa shape index (κ1) is 22.2. The van der Waals surface area contributed by atoms with E-state index in [1.54, 1.807) is 33.8 Å². The number of hydrogen-bond acceptors (Lipinski definition) is 7. The summed E-state index contributed by atoms with van der Waals surface area (Å²) in [7, 11) is 0. The van der Waals surface area contributed by atoms with Crippen LogP contribution in [-0.2, 0) is 4.79 Å². The number of para-hydroxylation sites is 1. The summed E-state index contributed by atoms with van der Waals surface area (Å²) < 4.78 is 7.55. The van der Waals surface area contributed by atoms with Crippen molar-refractivity contribution in [3.05, 3.63) is 83.7 Å². The Bertz CT molecular complexity index is 1400. The fourth-order valence-electron chi connectivity index (χ4n) is 4.34. The number of hydrogen-bond donors (Lipinski definition) is 0. The number of nitro groups is 1. The predicted octanol–water partition coefficient (Wildman–Crippen LogP) is 4.54. The molecular formula is C25H22N6O4. The summed E-state index contributed by atoms with van der Waals surface area (Å²) in [5, 5.41) is 16.8. The number of nitrogens with zero attached hydrogens (tertiary/aromatic N) is 6. The molecule has 35 heavy (non-hydrogen) atoms. The molecule has 0 aliphatic carbocycles. The minimum Gasteiger partial charge on any atom is -0.457 e. The van der Waals surface area contributed by atoms with Crippen molar-refractivity contribution in [3.63, 3.8) is 0 Å². The molecule has 0 radical (unpaired) electrons. The van der Waals surface area contributed by atoms with Gasteiger partial charge < -0.3 is 19.8 Å². The lowest BCUT2D eigenvalue weighted by atomic mass is 10.1. The van der Waals surface area contributed by atoms with Crippen molar-refractivity contribution in [1.29, 1.82) is 0 Å². The van der Waals surface area contributed by atoms with Crippen molar-refractivity contribution in [2.24, 2.45) is 0 Å². The van der Waals surface area contributed by atoms with E-state index in [0.29, 0.717) is 41.5 Å². The SMILES string of the molecule is C=CC(=O)N1CCC[C@@H](n2nc(-c3ccc(Oc4ccccc4)cc3)c3c([N+](=O)[O-])ncnc32)C1. The minimum atomic E-state index is -0.527. The van der Waals surface area contributed by atoms with Crippen molar-refractivity contribution in [3.8, 4) is 22.8 Å². The lowest BCUT2D eigenvalue weighted by Gasteiger charge is -2.32. The van der Waals surface area contributed by atoms with Crippen molar-refractivity contribution in [2.45, 2.75) is 18.9 Å². The average Bonchev–Trinajstić information content (AvgIpc) is 3.29. The molecule has 10 heteroatoms. The van der Waals surface area contributed by atoms with E-state index in [2.05, 4.69) is 16.5 Å². The standard InChI is InChI=1S/C25H22N6O4/c1-2-21(32)29-14-6-7-18(15-29)30-24-22(25(31(33)34)27-16-26-24)23(28-30)17-10-12-20(13-11-17)35-19-8-4-3-5-9-19/h2-5,8-13,16,18H,1,6-7,14-15H2/t18-/m1/s1. The smallest absolute Gasteiger partial charge is 0.378 e. The molecule has 1 aliphatic rings. The minimum absolute atomic E-state index is 0.152. The van der Waals surface area contributed by atoms with Gasteiger partial charge in [0, 0.05) is 18.7 Å². The maximum absolute atomic E-state index is 12.2. The second-order valence-corrected chi connectivity index (χ2v) is 8.17. The van der Waals surface area contributed by atoms with Crippen LogP contribution in [-0.4, -0.2) is 48.6 Å². The zero-order valence-corrected chi connectivity index (χ0v) is 18.8. The molecule has 2 aromatic carbocycles. The Morgan fingerprint density at radius 1 is 1.11 bits per heavy atom. The molecule has 1 amide bonds. The highest BCUT2D eigenvalue weighted by molar-refractivity contribution is 5.97. The van der Waals surface area contributed by atoms with Crippen molar-refractivity contribution in [2.75, 3.05) is 13.1 Å². The molecule has 1 aliphatic heterocycles. The quantitative estimate of drug-likeness (QED) is 0.231. The summed E-state index contributed by atoms with van der Waals surface area (Å²) in [5.74, 6) is 0.868. The average molecular weight is 470 g/mol. The molecule has 1 fully saturated rings. The van der Waals surface area contributed by atoms with Gasteiger partial charge in [0.15, 0.2) is 5.65 Å². The Morgan fingerprint density at radius 3 is 2.57 bits per heavy atom. The summed E-state index contributed by atoms with van der Waals surface area (Å²) in [6.45, 7) is 4.62. The number of aromatic nitrogens is 4. The zero-order valence-electron chi connectivity index (χ0n) is 18.8. The number of ether oxygens (including phenoxy) is 1. The molecule has 5 rings (SSSR count). The van der Waals surface area contributed by atoms with Crippen molar-refractivity contribution in [1.82, 2.24) is 24.6 Å². The summed E-state index contributed by atoms with van der Waals surface area (Å²) in [6, 6.07) is 16.4. The molecule has 1 atom stereocenters. The fourth-order valence-corrected chi connectivity index (χ4v) is 4.34. The van der Waals surface area contributed by atoms with Crippen LogP contribution < -0.4 is 4.74 Å². The Balaban J connectivity index is 1.56. The first-order valence-electron chi connectivity index (χ1n) is 11.2. The van der Waals surface area contributed by atoms with E-state index in [9.17, 15) is 14.9 Å². The maximum Gasteiger partial charge on any atom is 0.378 e. The van der Waals surface area contributed by atoms with Crippen LogP contribution in [0.15, 0.2) is 73.6 Å². The highest BCUT2D eigenvalue weighted by Crippen LogP contribution is 2.36. The van der Waals surface area contributed by atoms with Crippen LogP contribution in [0.2, 0.25) is 0 Å². The van der Waals surface area contributed by atoms with Crippen molar-refractivity contribution >= 4 is 22.8 Å². The molecule has 4 aromatic rings. The molecule has 2 aromatic heterocycles. The lowest BCUT2D eigenvalue weighted by molar-refractivity contribution is -0.387. The van der Waals surface area contributed by atoms with Gasteiger partial charge in [-0.05, 0) is 65.2 Å². The Kier molecular flexibility index (Phi) is 5.92. The molecule has 0 spiro atoms. The first-order chi connectivity index (χ1) is 17.0. The van der Waals surface area contributed by atoms with E-state index in [1.807, 2.05) is 30.3 Å². The second-order valence-electron chi connectivity index (χ2n) is 8.17. The van der Waals surface area contributed by atoms with E-state index in [1.165, 1.54) is 12.4 Å². The Hall–Kier alpha value is -4.60. The third-order valence-corrected chi connectivity index (χ3v) is 5.98. The number of fused-ring (bicyclic) bond motifs is 1. The van der Waals surface area contributed by atoms with E-state index in [4.69, 9.17) is 9.84 Å². The second kappa shape index (κ2) is 9.34. The molecule has 1 saturated heterocycles. The molecule has 176 valence electrons. The summed E-state index contributed by atoms with van der Waals surface area (Å²) in [6.07, 6.45) is 4.01. The molecule has 3 heterocycles. The van der Waals surface area contributed by atoms with E-state index < -0.39 is 4.92 Å². The normalized spacial score (nSPS) is 15.7. The fraction of sp³-hybridized carbons (Fsp3) is 0.200. The Labute approximate surface area is 200 Å². The van der Waals surface area contributed by atoms with E-state index in [-0.39, 0.29) is 23.2 Å². The third kappa shape index (κ3) is 4.33. The number of likely N-dealkylation sites (tertiary alicyclic amines) is 1. The first-order valence-corrected chi connectivity index (χ1v) is 11.2. The number of rotatable bonds is 6. The molecular weight excluding hydrogens is 448 g/mol. The molecule has 10 nitrogen and oxygen atoms in total. The summed E-state index contributed by atoms with van der Waals surface area (Å²) in [5.41, 5.74) is 1.44. The van der Waals surface area contributed by atoms with Crippen LogP contribution in [0.25, 0.3) is 22.3 Å². The highest BCUT2D eigenvalue weighted by Gasteiger charge is 2.30.